The predicted octanol–water partition coefficient (Wildman–Crippen LogP) is 1.19. The van der Waals surface area contributed by atoms with Crippen LogP contribution in [-0.4, -0.2) is 66.6 Å². The summed E-state index contributed by atoms with van der Waals surface area (Å²) in [5, 5.41) is 23.4. The molecule has 1 aliphatic rings. The van der Waals surface area contributed by atoms with Gasteiger partial charge in [0.05, 0.1) is 12.9 Å². The molecular formula is C15H20F3N5O4. The number of aromatic nitrogens is 4. The third-order valence-corrected chi connectivity index (χ3v) is 3.87. The van der Waals surface area contributed by atoms with Crippen LogP contribution in [0.3, 0.4) is 0 Å². The Morgan fingerprint density at radius 1 is 1.19 bits per heavy atom. The Kier molecular flexibility index (Phi) is 5.01. The second-order valence-electron chi connectivity index (χ2n) is 7.22. The number of hydrogen-bond acceptors (Lipinski definition) is 8. The number of aliphatic hydroxyl groups excluding tert-OH is 2. The van der Waals surface area contributed by atoms with Gasteiger partial charge < -0.3 is 20.3 Å². The van der Waals surface area contributed by atoms with E-state index in [1.54, 1.807) is 0 Å². The molecule has 0 spiro atoms. The van der Waals surface area contributed by atoms with Crippen molar-refractivity contribution in [2.45, 2.75) is 57.2 Å². The highest BCUT2D eigenvalue weighted by Crippen LogP contribution is 2.33. The van der Waals surface area contributed by atoms with Gasteiger partial charge in [-0.25, -0.2) is 15.0 Å². The quantitative estimate of drug-likeness (QED) is 0.712. The number of ether oxygens (including phenoxy) is 2. The summed E-state index contributed by atoms with van der Waals surface area (Å²) in [6.45, 7) is 4.85. The summed E-state index contributed by atoms with van der Waals surface area (Å²) in [5.41, 5.74) is 0.392. The van der Waals surface area contributed by atoms with E-state index < -0.39 is 37.5 Å². The Balaban J connectivity index is 1.86. The topological polar surface area (TPSA) is 115 Å². The molecule has 3 heterocycles. The fourth-order valence-electron chi connectivity index (χ4n) is 2.76. The Bertz CT molecular complexity index is 807. The van der Waals surface area contributed by atoms with Gasteiger partial charge in [0.15, 0.2) is 23.2 Å². The number of imidazole rings is 1. The lowest BCUT2D eigenvalue weighted by Crippen LogP contribution is -2.35. The van der Waals surface area contributed by atoms with Gasteiger partial charge in [-0.3, -0.25) is 9.30 Å². The minimum Gasteiger partial charge on any atom is -0.387 e. The Hall–Kier alpha value is -2.02. The van der Waals surface area contributed by atoms with Gasteiger partial charge in [-0.05, 0) is 20.8 Å². The molecule has 0 radical (unpaired) electrons. The van der Waals surface area contributed by atoms with Crippen molar-refractivity contribution in [2.75, 3.05) is 11.9 Å². The summed E-state index contributed by atoms with van der Waals surface area (Å²) in [7, 11) is 0. The van der Waals surface area contributed by atoms with E-state index in [-0.39, 0.29) is 5.54 Å². The number of aliphatic hydroxyl groups is 2. The van der Waals surface area contributed by atoms with Gasteiger partial charge in [0.1, 0.15) is 24.6 Å². The number of fused-ring (bicyclic) bond motifs is 1. The van der Waals surface area contributed by atoms with Crippen LogP contribution in [0.2, 0.25) is 0 Å². The summed E-state index contributed by atoms with van der Waals surface area (Å²) in [6.07, 6.45) is -7.85. The highest BCUT2D eigenvalue weighted by Gasteiger charge is 2.46. The number of nitrogens with zero attached hydrogens (tertiary/aromatic N) is 4. The zero-order valence-corrected chi connectivity index (χ0v) is 14.8. The Morgan fingerprint density at radius 3 is 2.52 bits per heavy atom. The molecule has 0 aromatic carbocycles. The molecule has 1 saturated heterocycles. The lowest BCUT2D eigenvalue weighted by Gasteiger charge is -2.21. The molecule has 3 rings (SSSR count). The fraction of sp³-hybridized carbons (Fsp3) is 0.667. The molecule has 150 valence electrons. The molecule has 1 aliphatic heterocycles. The average molecular weight is 391 g/mol. The van der Waals surface area contributed by atoms with Crippen molar-refractivity contribution in [3.8, 4) is 0 Å². The van der Waals surface area contributed by atoms with Crippen molar-refractivity contribution in [2.24, 2.45) is 0 Å². The van der Waals surface area contributed by atoms with E-state index in [9.17, 15) is 23.4 Å². The van der Waals surface area contributed by atoms with E-state index in [1.165, 1.54) is 17.2 Å². The fourth-order valence-corrected chi connectivity index (χ4v) is 2.76. The first-order valence-corrected chi connectivity index (χ1v) is 8.14. The molecular weight excluding hydrogens is 371 g/mol. The summed E-state index contributed by atoms with van der Waals surface area (Å²) < 4.78 is 47.1. The highest BCUT2D eigenvalue weighted by molar-refractivity contribution is 5.83. The zero-order chi connectivity index (χ0) is 20.0. The van der Waals surface area contributed by atoms with Crippen LogP contribution in [0.1, 0.15) is 27.0 Å². The first kappa shape index (κ1) is 19.7. The van der Waals surface area contributed by atoms with Gasteiger partial charge in [0.2, 0.25) is 0 Å². The molecule has 0 saturated carbocycles. The third kappa shape index (κ3) is 4.29. The largest absolute Gasteiger partial charge is 0.522 e. The summed E-state index contributed by atoms with van der Waals surface area (Å²) in [4.78, 5) is 12.5. The maximum atomic E-state index is 12.2. The van der Waals surface area contributed by atoms with Crippen molar-refractivity contribution in [1.29, 1.82) is 0 Å². The van der Waals surface area contributed by atoms with Gasteiger partial charge in [-0.2, -0.15) is 0 Å². The summed E-state index contributed by atoms with van der Waals surface area (Å²) in [5.74, 6) is 0.455. The number of halogens is 3. The van der Waals surface area contributed by atoms with Gasteiger partial charge >= 0.3 is 6.36 Å². The molecule has 2 aromatic heterocycles. The third-order valence-electron chi connectivity index (χ3n) is 3.87. The first-order chi connectivity index (χ1) is 12.5. The van der Waals surface area contributed by atoms with E-state index >= 15 is 0 Å². The number of nitrogens with one attached hydrogen (secondary N) is 1. The summed E-state index contributed by atoms with van der Waals surface area (Å²) >= 11 is 0. The van der Waals surface area contributed by atoms with Crippen molar-refractivity contribution in [3.05, 3.63) is 12.7 Å². The van der Waals surface area contributed by atoms with Crippen LogP contribution < -0.4 is 5.32 Å². The molecule has 0 amide bonds. The highest BCUT2D eigenvalue weighted by atomic mass is 19.4. The van der Waals surface area contributed by atoms with Crippen LogP contribution in [0.4, 0.5) is 19.0 Å². The minimum absolute atomic E-state index is 0.297. The standard InChI is InChI=1S/C15H20F3N5O4/c1-14(2,3)22-11-8-12(20-5-19-11)23(6-21-8)13-10(25)9(24)7(27-13)4-26-15(16,17)18/h5-7,9-10,13,24-25H,4H2,1-3H3,(H,19,20,22)/t7-,9?,10?,13-/m1/s1. The summed E-state index contributed by atoms with van der Waals surface area (Å²) in [6, 6.07) is 0. The van der Waals surface area contributed by atoms with Crippen LogP contribution >= 0.6 is 0 Å². The molecule has 3 N–H and O–H groups in total. The SMILES string of the molecule is CC(C)(C)Nc1ncnc2c1ncn2[C@@H]1O[C@H](COC(F)(F)F)C(O)C1O. The molecule has 2 unspecified atom stereocenters. The van der Waals surface area contributed by atoms with E-state index in [0.29, 0.717) is 17.0 Å². The first-order valence-electron chi connectivity index (χ1n) is 8.14. The molecule has 2 aromatic rings. The molecule has 0 aliphatic carbocycles. The Morgan fingerprint density at radius 2 is 1.89 bits per heavy atom. The van der Waals surface area contributed by atoms with Gasteiger partial charge in [-0.1, -0.05) is 0 Å². The van der Waals surface area contributed by atoms with Crippen LogP contribution in [0, 0.1) is 0 Å². The molecule has 12 heteroatoms. The van der Waals surface area contributed by atoms with E-state index in [2.05, 4.69) is 25.0 Å². The monoisotopic (exact) mass is 391 g/mol. The second kappa shape index (κ2) is 6.86. The molecule has 1 fully saturated rings. The van der Waals surface area contributed by atoms with E-state index in [1.807, 2.05) is 20.8 Å². The van der Waals surface area contributed by atoms with Crippen molar-refractivity contribution in [1.82, 2.24) is 19.5 Å². The van der Waals surface area contributed by atoms with Crippen LogP contribution in [0.15, 0.2) is 12.7 Å². The van der Waals surface area contributed by atoms with Crippen molar-refractivity contribution < 1.29 is 32.9 Å². The van der Waals surface area contributed by atoms with Gasteiger partial charge in [0, 0.05) is 5.54 Å². The van der Waals surface area contributed by atoms with Crippen LogP contribution in [-0.2, 0) is 9.47 Å². The lowest BCUT2D eigenvalue weighted by molar-refractivity contribution is -0.333. The second-order valence-corrected chi connectivity index (χ2v) is 7.22. The van der Waals surface area contributed by atoms with Crippen molar-refractivity contribution in [3.63, 3.8) is 0 Å². The van der Waals surface area contributed by atoms with Gasteiger partial charge in [0.25, 0.3) is 0 Å². The lowest BCUT2D eigenvalue weighted by atomic mass is 10.1. The van der Waals surface area contributed by atoms with Gasteiger partial charge in [-0.15, -0.1) is 13.2 Å². The minimum atomic E-state index is -4.87. The number of alkyl halides is 3. The smallest absolute Gasteiger partial charge is 0.387 e. The zero-order valence-electron chi connectivity index (χ0n) is 14.8. The average Bonchev–Trinajstić information content (AvgIpc) is 3.07. The predicted molar refractivity (Wildman–Crippen MR) is 86.6 cm³/mol. The number of rotatable bonds is 4. The molecule has 0 bridgehead atoms. The Labute approximate surface area is 152 Å². The van der Waals surface area contributed by atoms with E-state index in [4.69, 9.17) is 4.74 Å². The van der Waals surface area contributed by atoms with Crippen molar-refractivity contribution >= 4 is 17.0 Å². The molecule has 27 heavy (non-hydrogen) atoms. The van der Waals surface area contributed by atoms with Crippen LogP contribution in [0.5, 0.6) is 0 Å². The van der Waals surface area contributed by atoms with E-state index in [0.717, 1.165) is 0 Å². The molecule has 9 nitrogen and oxygen atoms in total. The van der Waals surface area contributed by atoms with Crippen LogP contribution in [0.25, 0.3) is 11.2 Å². The maximum Gasteiger partial charge on any atom is 0.522 e. The number of hydrogen-bond donors (Lipinski definition) is 3. The maximum absolute atomic E-state index is 12.2. The normalized spacial score (nSPS) is 26.7. The molecule has 4 atom stereocenters. The number of anilines is 1.